The summed E-state index contributed by atoms with van der Waals surface area (Å²) in [7, 11) is 3.75. The van der Waals surface area contributed by atoms with Crippen molar-refractivity contribution in [2.75, 3.05) is 27.2 Å². The average molecular weight is 276 g/mol. The van der Waals surface area contributed by atoms with Crippen LogP contribution in [0.2, 0.25) is 0 Å². The zero-order valence-corrected chi connectivity index (χ0v) is 11.4. The molecule has 20 heavy (non-hydrogen) atoms. The topological polar surface area (TPSA) is 85.8 Å². The van der Waals surface area contributed by atoms with Gasteiger partial charge in [0.1, 0.15) is 12.2 Å². The Balaban J connectivity index is 2.49. The highest BCUT2D eigenvalue weighted by Crippen LogP contribution is 2.20. The minimum atomic E-state index is -0.826. The monoisotopic (exact) mass is 276 g/mol. The van der Waals surface area contributed by atoms with E-state index >= 15 is 0 Å². The van der Waals surface area contributed by atoms with E-state index in [2.05, 4.69) is 0 Å². The lowest BCUT2D eigenvalue weighted by atomic mass is 10.2. The molecule has 0 atom stereocenters. The molecule has 1 aromatic heterocycles. The standard InChI is InChI=1S/C14H16N2O4/c1-16(2)7-8-19-12-11(17)9-5-3-4-6-10(9)20-13(12)14(15)18/h3-6H,7-8H2,1-2H3,(H2,15,18). The molecule has 0 bridgehead atoms. The first kappa shape index (κ1) is 14.1. The van der Waals surface area contributed by atoms with E-state index < -0.39 is 5.91 Å². The molecule has 0 aliphatic rings. The normalized spacial score (nSPS) is 10.9. The fraction of sp³-hybridized carbons (Fsp3) is 0.286. The first-order valence-corrected chi connectivity index (χ1v) is 6.14. The Bertz CT molecular complexity index is 691. The summed E-state index contributed by atoms with van der Waals surface area (Å²) in [6.07, 6.45) is 0. The fourth-order valence-corrected chi connectivity index (χ4v) is 1.75. The van der Waals surface area contributed by atoms with Crippen LogP contribution in [0, 0.1) is 0 Å². The second kappa shape index (κ2) is 5.75. The highest BCUT2D eigenvalue weighted by atomic mass is 16.5. The Kier molecular flexibility index (Phi) is 4.05. The van der Waals surface area contributed by atoms with Gasteiger partial charge >= 0.3 is 0 Å². The summed E-state index contributed by atoms with van der Waals surface area (Å²) in [6.45, 7) is 0.862. The number of ether oxygens (including phenoxy) is 1. The summed E-state index contributed by atoms with van der Waals surface area (Å²) >= 11 is 0. The number of para-hydroxylation sites is 1. The van der Waals surface area contributed by atoms with Gasteiger partial charge in [0, 0.05) is 6.54 Å². The Morgan fingerprint density at radius 1 is 1.35 bits per heavy atom. The number of rotatable bonds is 5. The van der Waals surface area contributed by atoms with Gasteiger partial charge in [-0.25, -0.2) is 0 Å². The number of nitrogens with two attached hydrogens (primary N) is 1. The number of hydrogen-bond donors (Lipinski definition) is 1. The van der Waals surface area contributed by atoms with Gasteiger partial charge < -0.3 is 19.8 Å². The molecule has 0 unspecified atom stereocenters. The lowest BCUT2D eigenvalue weighted by molar-refractivity contribution is 0.0967. The van der Waals surface area contributed by atoms with Crippen LogP contribution in [-0.4, -0.2) is 38.1 Å². The SMILES string of the molecule is CN(C)CCOc1c(C(N)=O)oc2ccccc2c1=O. The van der Waals surface area contributed by atoms with E-state index in [4.69, 9.17) is 14.9 Å². The molecule has 1 aromatic carbocycles. The zero-order chi connectivity index (χ0) is 14.7. The third-order valence-corrected chi connectivity index (χ3v) is 2.76. The molecule has 2 N–H and O–H groups in total. The Morgan fingerprint density at radius 3 is 2.70 bits per heavy atom. The van der Waals surface area contributed by atoms with E-state index in [1.54, 1.807) is 24.3 Å². The van der Waals surface area contributed by atoms with Crippen molar-refractivity contribution >= 4 is 16.9 Å². The maximum absolute atomic E-state index is 12.3. The zero-order valence-electron chi connectivity index (χ0n) is 11.4. The Morgan fingerprint density at radius 2 is 2.05 bits per heavy atom. The third-order valence-electron chi connectivity index (χ3n) is 2.76. The van der Waals surface area contributed by atoms with Crippen LogP contribution < -0.4 is 15.9 Å². The molecule has 2 aromatic rings. The number of benzene rings is 1. The van der Waals surface area contributed by atoms with E-state index in [9.17, 15) is 9.59 Å². The van der Waals surface area contributed by atoms with Gasteiger partial charge in [-0.3, -0.25) is 9.59 Å². The van der Waals surface area contributed by atoms with Crippen LogP contribution in [0.5, 0.6) is 5.75 Å². The van der Waals surface area contributed by atoms with Crippen molar-refractivity contribution < 1.29 is 13.9 Å². The smallest absolute Gasteiger partial charge is 0.288 e. The molecular formula is C14H16N2O4. The van der Waals surface area contributed by atoms with E-state index in [-0.39, 0.29) is 23.5 Å². The van der Waals surface area contributed by atoms with Crippen molar-refractivity contribution in [1.29, 1.82) is 0 Å². The van der Waals surface area contributed by atoms with Crippen LogP contribution in [0.3, 0.4) is 0 Å². The Labute approximate surface area is 115 Å². The molecule has 106 valence electrons. The molecular weight excluding hydrogens is 260 g/mol. The summed E-state index contributed by atoms with van der Waals surface area (Å²) in [6, 6.07) is 6.65. The molecule has 0 saturated carbocycles. The minimum absolute atomic E-state index is 0.127. The van der Waals surface area contributed by atoms with Crippen LogP contribution in [0.15, 0.2) is 33.5 Å². The molecule has 1 amide bonds. The third kappa shape index (κ3) is 2.80. The van der Waals surface area contributed by atoms with Gasteiger partial charge in [0.15, 0.2) is 0 Å². The fourth-order valence-electron chi connectivity index (χ4n) is 1.75. The van der Waals surface area contributed by atoms with Crippen LogP contribution in [0.25, 0.3) is 11.0 Å². The number of nitrogens with zero attached hydrogens (tertiary/aromatic N) is 1. The first-order chi connectivity index (χ1) is 9.50. The minimum Gasteiger partial charge on any atom is -0.485 e. The van der Waals surface area contributed by atoms with Gasteiger partial charge in [0.25, 0.3) is 5.91 Å². The highest BCUT2D eigenvalue weighted by molar-refractivity contribution is 5.95. The predicted molar refractivity (Wildman–Crippen MR) is 75.1 cm³/mol. The van der Waals surface area contributed by atoms with Crippen molar-refractivity contribution in [3.8, 4) is 5.75 Å². The summed E-state index contributed by atoms with van der Waals surface area (Å²) in [5, 5.41) is 0.359. The second-order valence-electron chi connectivity index (χ2n) is 4.60. The molecule has 2 rings (SSSR count). The van der Waals surface area contributed by atoms with Crippen molar-refractivity contribution in [2.45, 2.75) is 0 Å². The first-order valence-electron chi connectivity index (χ1n) is 6.14. The van der Waals surface area contributed by atoms with Gasteiger partial charge in [-0.05, 0) is 26.2 Å². The molecule has 0 aliphatic heterocycles. The lowest BCUT2D eigenvalue weighted by Gasteiger charge is -2.12. The molecule has 0 aliphatic carbocycles. The van der Waals surface area contributed by atoms with Crippen molar-refractivity contribution in [2.24, 2.45) is 5.73 Å². The molecule has 0 saturated heterocycles. The maximum Gasteiger partial charge on any atom is 0.288 e. The van der Waals surface area contributed by atoms with Crippen LogP contribution >= 0.6 is 0 Å². The van der Waals surface area contributed by atoms with Crippen LogP contribution in [0.4, 0.5) is 0 Å². The highest BCUT2D eigenvalue weighted by Gasteiger charge is 2.19. The average Bonchev–Trinajstić information content (AvgIpc) is 2.40. The molecule has 0 radical (unpaired) electrons. The number of primary amides is 1. The van der Waals surface area contributed by atoms with Gasteiger partial charge in [0.2, 0.25) is 16.9 Å². The number of carbonyl (C=O) groups is 1. The maximum atomic E-state index is 12.3. The van der Waals surface area contributed by atoms with Gasteiger partial charge in [-0.1, -0.05) is 12.1 Å². The number of hydrogen-bond acceptors (Lipinski definition) is 5. The summed E-state index contributed by atoms with van der Waals surface area (Å²) in [5.41, 5.74) is 5.17. The Hall–Kier alpha value is -2.34. The molecule has 6 heteroatoms. The lowest BCUT2D eigenvalue weighted by Crippen LogP contribution is -2.24. The quantitative estimate of drug-likeness (QED) is 0.874. The number of fused-ring (bicyclic) bond motifs is 1. The number of carbonyl (C=O) groups excluding carboxylic acids is 1. The van der Waals surface area contributed by atoms with E-state index in [1.165, 1.54) is 0 Å². The number of likely N-dealkylation sites (N-methyl/N-ethyl adjacent to an activating group) is 1. The summed E-state index contributed by atoms with van der Waals surface area (Å²) in [5.74, 6) is -1.20. The van der Waals surface area contributed by atoms with Crippen molar-refractivity contribution in [3.05, 3.63) is 40.2 Å². The largest absolute Gasteiger partial charge is 0.485 e. The van der Waals surface area contributed by atoms with E-state index in [0.717, 1.165) is 0 Å². The van der Waals surface area contributed by atoms with Crippen LogP contribution in [-0.2, 0) is 0 Å². The van der Waals surface area contributed by atoms with Crippen molar-refractivity contribution in [3.63, 3.8) is 0 Å². The van der Waals surface area contributed by atoms with Gasteiger partial charge in [-0.15, -0.1) is 0 Å². The van der Waals surface area contributed by atoms with E-state index in [0.29, 0.717) is 17.5 Å². The summed E-state index contributed by atoms with van der Waals surface area (Å²) in [4.78, 5) is 25.6. The van der Waals surface area contributed by atoms with Gasteiger partial charge in [0.05, 0.1) is 5.39 Å². The second-order valence-corrected chi connectivity index (χ2v) is 4.60. The molecule has 1 heterocycles. The van der Waals surface area contributed by atoms with Gasteiger partial charge in [-0.2, -0.15) is 0 Å². The van der Waals surface area contributed by atoms with Crippen molar-refractivity contribution in [1.82, 2.24) is 4.90 Å². The molecule has 6 nitrogen and oxygen atoms in total. The number of amides is 1. The summed E-state index contributed by atoms with van der Waals surface area (Å²) < 4.78 is 10.8. The van der Waals surface area contributed by atoms with Crippen LogP contribution in [0.1, 0.15) is 10.6 Å². The van der Waals surface area contributed by atoms with E-state index in [1.807, 2.05) is 19.0 Å². The predicted octanol–water partition coefficient (Wildman–Crippen LogP) is 0.832. The molecule has 0 spiro atoms. The molecule has 0 fully saturated rings.